The first-order chi connectivity index (χ1) is 11.1. The van der Waals surface area contributed by atoms with Crippen LogP contribution in [0, 0.1) is 6.92 Å². The number of carbonyl (C=O) groups is 1. The third-order valence-electron chi connectivity index (χ3n) is 3.59. The van der Waals surface area contributed by atoms with Crippen LogP contribution in [0.4, 0.5) is 5.69 Å². The maximum Gasteiger partial charge on any atom is 0.259 e. The molecule has 0 aliphatic rings. The maximum absolute atomic E-state index is 11.8. The van der Waals surface area contributed by atoms with Gasteiger partial charge in [0.1, 0.15) is 0 Å². The van der Waals surface area contributed by atoms with E-state index in [1.165, 1.54) is 5.56 Å². The van der Waals surface area contributed by atoms with Crippen LogP contribution in [0.25, 0.3) is 0 Å². The van der Waals surface area contributed by atoms with Crippen LogP contribution in [-0.4, -0.2) is 18.7 Å². The van der Waals surface area contributed by atoms with Crippen LogP contribution in [0.5, 0.6) is 0 Å². The van der Waals surface area contributed by atoms with Gasteiger partial charge in [-0.3, -0.25) is 4.79 Å². The molecule has 0 fully saturated rings. The van der Waals surface area contributed by atoms with Crippen LogP contribution in [0.3, 0.4) is 0 Å². The van der Waals surface area contributed by atoms with Crippen LogP contribution in [-0.2, 0) is 4.79 Å². The number of rotatable bonds is 6. The van der Waals surface area contributed by atoms with Gasteiger partial charge in [0.2, 0.25) is 0 Å². The zero-order valence-corrected chi connectivity index (χ0v) is 13.8. The first-order valence-corrected chi connectivity index (χ1v) is 7.77. The minimum Gasteiger partial charge on any atom is -0.376 e. The molecular formula is C19H23N3O. The number of hydrazone groups is 1. The number of amides is 1. The molecule has 0 unspecified atom stereocenters. The average Bonchev–Trinajstić information content (AvgIpc) is 2.54. The van der Waals surface area contributed by atoms with E-state index in [-0.39, 0.29) is 12.5 Å². The van der Waals surface area contributed by atoms with E-state index >= 15 is 0 Å². The van der Waals surface area contributed by atoms with E-state index in [4.69, 9.17) is 0 Å². The van der Waals surface area contributed by atoms with E-state index < -0.39 is 0 Å². The Hall–Kier alpha value is -2.62. The monoisotopic (exact) mass is 309 g/mol. The second-order valence-electron chi connectivity index (χ2n) is 5.78. The number of nitrogens with zero attached hydrogens (tertiary/aromatic N) is 1. The summed E-state index contributed by atoms with van der Waals surface area (Å²) in [7, 11) is 0. The lowest BCUT2D eigenvalue weighted by Crippen LogP contribution is -2.26. The van der Waals surface area contributed by atoms with E-state index in [9.17, 15) is 4.79 Å². The van der Waals surface area contributed by atoms with Crippen molar-refractivity contribution < 1.29 is 4.79 Å². The number of carbonyl (C=O) groups excluding carboxylic acids is 1. The van der Waals surface area contributed by atoms with Crippen molar-refractivity contribution in [3.63, 3.8) is 0 Å². The summed E-state index contributed by atoms with van der Waals surface area (Å²) in [6.07, 6.45) is 1.65. The number of anilines is 1. The molecule has 0 radical (unpaired) electrons. The predicted octanol–water partition coefficient (Wildman–Crippen LogP) is 3.68. The fourth-order valence-electron chi connectivity index (χ4n) is 2.13. The minimum atomic E-state index is -0.177. The summed E-state index contributed by atoms with van der Waals surface area (Å²) in [5.41, 5.74) is 6.83. The summed E-state index contributed by atoms with van der Waals surface area (Å²) in [6, 6.07) is 16.0. The fraction of sp³-hybridized carbons (Fsp3) is 0.263. The molecule has 4 heteroatoms. The standard InChI is InChI=1S/C19H23N3O/c1-14(2)17-10-8-16(9-11-17)12-21-22-19(23)13-20-18-7-5-4-6-15(18)3/h4-12,14,20H,13H2,1-3H3,(H,22,23)/b21-12-. The fourth-order valence-corrected chi connectivity index (χ4v) is 2.13. The summed E-state index contributed by atoms with van der Waals surface area (Å²) in [4.78, 5) is 11.8. The number of para-hydroxylation sites is 1. The molecule has 2 rings (SSSR count). The van der Waals surface area contributed by atoms with Crippen molar-refractivity contribution >= 4 is 17.8 Å². The Labute approximate surface area is 137 Å². The Morgan fingerprint density at radius 2 is 1.83 bits per heavy atom. The van der Waals surface area contributed by atoms with Gasteiger partial charge < -0.3 is 5.32 Å². The second kappa shape index (κ2) is 8.13. The maximum atomic E-state index is 11.8. The lowest BCUT2D eigenvalue weighted by Gasteiger charge is -2.07. The van der Waals surface area contributed by atoms with Crippen molar-refractivity contribution in [3.05, 3.63) is 65.2 Å². The highest BCUT2D eigenvalue weighted by molar-refractivity contribution is 5.84. The van der Waals surface area contributed by atoms with Crippen LogP contribution < -0.4 is 10.7 Å². The van der Waals surface area contributed by atoms with Gasteiger partial charge in [0.25, 0.3) is 5.91 Å². The second-order valence-corrected chi connectivity index (χ2v) is 5.78. The molecule has 0 bridgehead atoms. The molecule has 2 aromatic rings. The SMILES string of the molecule is Cc1ccccc1NCC(=O)N/N=C\c1ccc(C(C)C)cc1. The summed E-state index contributed by atoms with van der Waals surface area (Å²) < 4.78 is 0. The molecule has 2 N–H and O–H groups in total. The summed E-state index contributed by atoms with van der Waals surface area (Å²) in [5.74, 6) is 0.330. The number of hydrogen-bond donors (Lipinski definition) is 2. The number of benzene rings is 2. The normalized spacial score (nSPS) is 11.0. The molecule has 0 spiro atoms. The van der Waals surface area contributed by atoms with E-state index in [1.807, 2.05) is 43.3 Å². The largest absolute Gasteiger partial charge is 0.376 e. The molecule has 23 heavy (non-hydrogen) atoms. The molecule has 0 aromatic heterocycles. The molecule has 120 valence electrons. The molecular weight excluding hydrogens is 286 g/mol. The molecule has 0 saturated carbocycles. The van der Waals surface area contributed by atoms with E-state index in [0.717, 1.165) is 16.8 Å². The lowest BCUT2D eigenvalue weighted by atomic mass is 10.0. The van der Waals surface area contributed by atoms with Crippen molar-refractivity contribution in [2.45, 2.75) is 26.7 Å². The minimum absolute atomic E-state index is 0.177. The number of nitrogens with one attached hydrogen (secondary N) is 2. The lowest BCUT2D eigenvalue weighted by molar-refractivity contribution is -0.119. The smallest absolute Gasteiger partial charge is 0.259 e. The van der Waals surface area contributed by atoms with Crippen LogP contribution in [0.2, 0.25) is 0 Å². The van der Waals surface area contributed by atoms with Crippen molar-refractivity contribution in [3.8, 4) is 0 Å². The van der Waals surface area contributed by atoms with Crippen LogP contribution >= 0.6 is 0 Å². The first kappa shape index (κ1) is 16.7. The van der Waals surface area contributed by atoms with Gasteiger partial charge in [-0.25, -0.2) is 5.43 Å². The third kappa shape index (κ3) is 5.25. The highest BCUT2D eigenvalue weighted by atomic mass is 16.2. The molecule has 0 aliphatic heterocycles. The zero-order valence-electron chi connectivity index (χ0n) is 13.8. The Morgan fingerprint density at radius 1 is 1.13 bits per heavy atom. The third-order valence-corrected chi connectivity index (χ3v) is 3.59. The highest BCUT2D eigenvalue weighted by Gasteiger charge is 2.01. The molecule has 2 aromatic carbocycles. The molecule has 0 heterocycles. The molecule has 4 nitrogen and oxygen atoms in total. The summed E-state index contributed by atoms with van der Waals surface area (Å²) >= 11 is 0. The topological polar surface area (TPSA) is 53.5 Å². The quantitative estimate of drug-likeness (QED) is 0.632. The van der Waals surface area contributed by atoms with Gasteiger partial charge in [-0.2, -0.15) is 5.10 Å². The van der Waals surface area contributed by atoms with Crippen molar-refractivity contribution in [1.82, 2.24) is 5.43 Å². The van der Waals surface area contributed by atoms with Crippen LogP contribution in [0.15, 0.2) is 53.6 Å². The molecule has 1 amide bonds. The molecule has 0 saturated heterocycles. The summed E-state index contributed by atoms with van der Waals surface area (Å²) in [5, 5.41) is 7.08. The summed E-state index contributed by atoms with van der Waals surface area (Å²) in [6.45, 7) is 6.50. The van der Waals surface area contributed by atoms with Gasteiger partial charge >= 0.3 is 0 Å². The number of hydrogen-bond acceptors (Lipinski definition) is 3. The average molecular weight is 309 g/mol. The zero-order chi connectivity index (χ0) is 16.7. The molecule has 0 atom stereocenters. The predicted molar refractivity (Wildman–Crippen MR) is 95.9 cm³/mol. The van der Waals surface area contributed by atoms with Crippen LogP contribution in [0.1, 0.15) is 36.5 Å². The van der Waals surface area contributed by atoms with Gasteiger partial charge in [0.15, 0.2) is 0 Å². The Kier molecular flexibility index (Phi) is 5.92. The van der Waals surface area contributed by atoms with Crippen molar-refractivity contribution in [2.75, 3.05) is 11.9 Å². The Balaban J connectivity index is 1.80. The van der Waals surface area contributed by atoms with Gasteiger partial charge in [-0.05, 0) is 35.6 Å². The first-order valence-electron chi connectivity index (χ1n) is 7.77. The van der Waals surface area contributed by atoms with Gasteiger partial charge in [-0.15, -0.1) is 0 Å². The molecule has 0 aliphatic carbocycles. The van der Waals surface area contributed by atoms with Crippen molar-refractivity contribution in [2.24, 2.45) is 5.10 Å². The van der Waals surface area contributed by atoms with Gasteiger partial charge in [0.05, 0.1) is 12.8 Å². The van der Waals surface area contributed by atoms with E-state index in [0.29, 0.717) is 5.92 Å². The van der Waals surface area contributed by atoms with E-state index in [1.54, 1.807) is 6.21 Å². The van der Waals surface area contributed by atoms with Crippen molar-refractivity contribution in [1.29, 1.82) is 0 Å². The van der Waals surface area contributed by atoms with Gasteiger partial charge in [0, 0.05) is 5.69 Å². The van der Waals surface area contributed by atoms with E-state index in [2.05, 4.69) is 41.8 Å². The Morgan fingerprint density at radius 3 is 2.48 bits per heavy atom. The highest BCUT2D eigenvalue weighted by Crippen LogP contribution is 2.14. The Bertz CT molecular complexity index is 675. The van der Waals surface area contributed by atoms with Gasteiger partial charge in [-0.1, -0.05) is 56.3 Å². The number of aryl methyl sites for hydroxylation is 1.